The lowest BCUT2D eigenvalue weighted by Gasteiger charge is -2.54. The number of rotatable bonds is 3. The predicted octanol–water partition coefficient (Wildman–Crippen LogP) is 4.83. The molecule has 1 atom stereocenters. The Morgan fingerprint density at radius 1 is 1.00 bits per heavy atom. The molecule has 0 amide bonds. The van der Waals surface area contributed by atoms with Gasteiger partial charge in [-0.2, -0.15) is 0 Å². The number of nitrogens with zero attached hydrogens (tertiary/aromatic N) is 1. The van der Waals surface area contributed by atoms with Gasteiger partial charge in [0.1, 0.15) is 0 Å². The number of hydrogen-bond donors (Lipinski definition) is 0. The molecule has 1 unspecified atom stereocenters. The lowest BCUT2D eigenvalue weighted by molar-refractivity contribution is -0.0300. The maximum atomic E-state index is 2.74. The zero-order chi connectivity index (χ0) is 14.1. The van der Waals surface area contributed by atoms with Crippen LogP contribution in [0.15, 0.2) is 30.3 Å². The largest absolute Gasteiger partial charge is 0.292 e. The zero-order valence-corrected chi connectivity index (χ0v) is 13.2. The third-order valence-electron chi connectivity index (χ3n) is 4.86. The second kappa shape index (κ2) is 5.28. The van der Waals surface area contributed by atoms with Gasteiger partial charge < -0.3 is 0 Å². The first-order valence-electron chi connectivity index (χ1n) is 7.66. The third kappa shape index (κ3) is 3.20. The molecule has 2 rings (SSSR count). The molecule has 19 heavy (non-hydrogen) atoms. The van der Waals surface area contributed by atoms with Crippen molar-refractivity contribution < 1.29 is 0 Å². The molecule has 1 heteroatoms. The van der Waals surface area contributed by atoms with Crippen LogP contribution in [0.5, 0.6) is 0 Å². The number of hydrogen-bond acceptors (Lipinski definition) is 1. The monoisotopic (exact) mass is 259 g/mol. The van der Waals surface area contributed by atoms with E-state index in [1.54, 1.807) is 0 Å². The fourth-order valence-corrected chi connectivity index (χ4v) is 3.70. The molecular weight excluding hydrogens is 230 g/mol. The standard InChI is InChI=1S/C18H29N/c1-15(16-10-7-6-8-11-16)14-19-17(2,3)12-9-13-18(19,4)5/h6-8,10-11,15H,9,12-14H2,1-5H3. The van der Waals surface area contributed by atoms with Crippen LogP contribution in [0.2, 0.25) is 0 Å². The lowest BCUT2D eigenvalue weighted by atomic mass is 9.79. The van der Waals surface area contributed by atoms with Crippen LogP contribution in [0.25, 0.3) is 0 Å². The van der Waals surface area contributed by atoms with E-state index in [0.29, 0.717) is 17.0 Å². The van der Waals surface area contributed by atoms with Crippen LogP contribution in [-0.4, -0.2) is 22.5 Å². The summed E-state index contributed by atoms with van der Waals surface area (Å²) in [6, 6.07) is 10.9. The summed E-state index contributed by atoms with van der Waals surface area (Å²) in [4.78, 5) is 2.74. The number of benzene rings is 1. The first kappa shape index (κ1) is 14.6. The van der Waals surface area contributed by atoms with Gasteiger partial charge in [-0.15, -0.1) is 0 Å². The van der Waals surface area contributed by atoms with Gasteiger partial charge in [0.25, 0.3) is 0 Å². The summed E-state index contributed by atoms with van der Waals surface area (Å²) in [5.74, 6) is 0.595. The highest BCUT2D eigenvalue weighted by molar-refractivity contribution is 5.19. The van der Waals surface area contributed by atoms with E-state index >= 15 is 0 Å². The van der Waals surface area contributed by atoms with Crippen molar-refractivity contribution in [2.45, 2.75) is 70.9 Å². The minimum Gasteiger partial charge on any atom is -0.292 e. The SMILES string of the molecule is CC(CN1C(C)(C)CCCC1(C)C)c1ccccc1. The van der Waals surface area contributed by atoms with Crippen molar-refractivity contribution >= 4 is 0 Å². The molecule has 1 aromatic carbocycles. The Morgan fingerprint density at radius 3 is 2.05 bits per heavy atom. The van der Waals surface area contributed by atoms with E-state index in [-0.39, 0.29) is 0 Å². The van der Waals surface area contributed by atoms with Crippen molar-refractivity contribution in [3.8, 4) is 0 Å². The second-order valence-electron chi connectivity index (χ2n) is 7.40. The first-order chi connectivity index (χ1) is 8.83. The van der Waals surface area contributed by atoms with Crippen LogP contribution < -0.4 is 0 Å². The van der Waals surface area contributed by atoms with Crippen LogP contribution in [0.1, 0.15) is 65.4 Å². The Balaban J connectivity index is 2.15. The average molecular weight is 259 g/mol. The van der Waals surface area contributed by atoms with Crippen LogP contribution in [0, 0.1) is 0 Å². The summed E-state index contributed by atoms with van der Waals surface area (Å²) in [6.45, 7) is 13.1. The van der Waals surface area contributed by atoms with Gasteiger partial charge in [-0.3, -0.25) is 4.90 Å². The van der Waals surface area contributed by atoms with Crippen molar-refractivity contribution in [2.75, 3.05) is 6.54 Å². The van der Waals surface area contributed by atoms with Gasteiger partial charge in [0, 0.05) is 17.6 Å². The highest BCUT2D eigenvalue weighted by Gasteiger charge is 2.41. The molecule has 0 aliphatic carbocycles. The van der Waals surface area contributed by atoms with Crippen LogP contribution in [-0.2, 0) is 0 Å². The molecule has 0 saturated carbocycles. The molecule has 0 N–H and O–H groups in total. The molecule has 0 aromatic heterocycles. The van der Waals surface area contributed by atoms with E-state index in [1.165, 1.54) is 24.8 Å². The smallest absolute Gasteiger partial charge is 0.0158 e. The van der Waals surface area contributed by atoms with E-state index in [2.05, 4.69) is 69.9 Å². The van der Waals surface area contributed by atoms with Crippen molar-refractivity contribution in [3.05, 3.63) is 35.9 Å². The summed E-state index contributed by atoms with van der Waals surface area (Å²) in [5, 5.41) is 0. The van der Waals surface area contributed by atoms with Crippen molar-refractivity contribution in [3.63, 3.8) is 0 Å². The van der Waals surface area contributed by atoms with Crippen LogP contribution >= 0.6 is 0 Å². The Labute approximate surface area is 119 Å². The van der Waals surface area contributed by atoms with Gasteiger partial charge in [0.05, 0.1) is 0 Å². The van der Waals surface area contributed by atoms with Gasteiger partial charge in [0.2, 0.25) is 0 Å². The maximum absolute atomic E-state index is 2.74. The summed E-state index contributed by atoms with van der Waals surface area (Å²) in [6.07, 6.45) is 3.99. The van der Waals surface area contributed by atoms with E-state index in [4.69, 9.17) is 0 Å². The first-order valence-corrected chi connectivity index (χ1v) is 7.66. The minimum absolute atomic E-state index is 0.324. The Morgan fingerprint density at radius 2 is 1.53 bits per heavy atom. The molecule has 1 fully saturated rings. The highest BCUT2D eigenvalue weighted by atomic mass is 15.3. The third-order valence-corrected chi connectivity index (χ3v) is 4.86. The minimum atomic E-state index is 0.324. The molecule has 1 heterocycles. The molecule has 106 valence electrons. The molecular formula is C18H29N. The molecule has 1 aliphatic rings. The number of piperidine rings is 1. The van der Waals surface area contributed by atoms with Crippen molar-refractivity contribution in [2.24, 2.45) is 0 Å². The molecule has 1 saturated heterocycles. The summed E-state index contributed by atoms with van der Waals surface area (Å²) < 4.78 is 0. The Kier molecular flexibility index (Phi) is 4.06. The Hall–Kier alpha value is -0.820. The number of likely N-dealkylation sites (tertiary alicyclic amines) is 1. The Bertz CT molecular complexity index is 389. The average Bonchev–Trinajstić information content (AvgIpc) is 2.34. The van der Waals surface area contributed by atoms with Crippen molar-refractivity contribution in [1.29, 1.82) is 0 Å². The van der Waals surface area contributed by atoms with Crippen LogP contribution in [0.3, 0.4) is 0 Å². The quantitative estimate of drug-likeness (QED) is 0.751. The summed E-state index contributed by atoms with van der Waals surface area (Å²) in [7, 11) is 0. The fraction of sp³-hybridized carbons (Fsp3) is 0.667. The topological polar surface area (TPSA) is 3.24 Å². The molecule has 0 bridgehead atoms. The molecule has 1 aromatic rings. The van der Waals surface area contributed by atoms with Gasteiger partial charge in [-0.25, -0.2) is 0 Å². The molecule has 1 nitrogen and oxygen atoms in total. The molecule has 0 radical (unpaired) electrons. The van der Waals surface area contributed by atoms with Gasteiger partial charge in [0.15, 0.2) is 0 Å². The summed E-state index contributed by atoms with van der Waals surface area (Å²) >= 11 is 0. The maximum Gasteiger partial charge on any atom is 0.0158 e. The molecule has 1 aliphatic heterocycles. The van der Waals surface area contributed by atoms with E-state index in [1.807, 2.05) is 0 Å². The second-order valence-corrected chi connectivity index (χ2v) is 7.40. The van der Waals surface area contributed by atoms with Crippen LogP contribution in [0.4, 0.5) is 0 Å². The van der Waals surface area contributed by atoms with Gasteiger partial charge >= 0.3 is 0 Å². The van der Waals surface area contributed by atoms with Gasteiger partial charge in [-0.05, 0) is 58.4 Å². The molecule has 0 spiro atoms. The zero-order valence-electron chi connectivity index (χ0n) is 13.2. The summed E-state index contributed by atoms with van der Waals surface area (Å²) in [5.41, 5.74) is 2.11. The van der Waals surface area contributed by atoms with Gasteiger partial charge in [-0.1, -0.05) is 37.3 Å². The van der Waals surface area contributed by atoms with E-state index < -0.39 is 0 Å². The fourth-order valence-electron chi connectivity index (χ4n) is 3.70. The lowest BCUT2D eigenvalue weighted by Crippen LogP contribution is -2.59. The normalized spacial score (nSPS) is 24.1. The van der Waals surface area contributed by atoms with E-state index in [9.17, 15) is 0 Å². The highest BCUT2D eigenvalue weighted by Crippen LogP contribution is 2.39. The van der Waals surface area contributed by atoms with Crippen molar-refractivity contribution in [1.82, 2.24) is 4.90 Å². The predicted molar refractivity (Wildman–Crippen MR) is 83.6 cm³/mol. The van der Waals surface area contributed by atoms with E-state index in [0.717, 1.165) is 6.54 Å².